The Hall–Kier alpha value is -1.83. The lowest BCUT2D eigenvalue weighted by Crippen LogP contribution is -2.15. The minimum absolute atomic E-state index is 0.306. The molecule has 29 heavy (non-hydrogen) atoms. The van der Waals surface area contributed by atoms with Crippen LogP contribution in [0, 0.1) is 0 Å². The van der Waals surface area contributed by atoms with Gasteiger partial charge < -0.3 is 10.1 Å². The van der Waals surface area contributed by atoms with Crippen molar-refractivity contribution < 1.29 is 4.79 Å². The number of allylic oxidation sites excluding steroid dienone is 7. The number of nitrogens with one attached hydrogen (secondary N) is 1. The summed E-state index contributed by atoms with van der Waals surface area (Å²) in [5.41, 5.74) is 6.30. The van der Waals surface area contributed by atoms with Crippen LogP contribution in [0.4, 0.5) is 0 Å². The van der Waals surface area contributed by atoms with E-state index in [1.807, 2.05) is 13.8 Å². The van der Waals surface area contributed by atoms with Gasteiger partial charge in [0.2, 0.25) is 0 Å². The molecule has 0 aliphatic heterocycles. The fourth-order valence-corrected chi connectivity index (χ4v) is 3.29. The Morgan fingerprint density at radius 3 is 2.41 bits per heavy atom. The van der Waals surface area contributed by atoms with E-state index in [1.165, 1.54) is 54.4 Å². The molecule has 0 radical (unpaired) electrons. The van der Waals surface area contributed by atoms with Crippen LogP contribution in [-0.2, 0) is 4.79 Å². The first-order valence-electron chi connectivity index (χ1n) is 11.6. The molecule has 0 amide bonds. The Bertz CT molecular complexity index is 612. The molecule has 0 bridgehead atoms. The standard InChI is InChI=1S/C25H39NO.C2H6/c1-20(2)25(18-17-24-16-12-9-10-14-21(24)3)23(5)26-19-13-8-6-7-11-15-22(4)27;1-2/h12,16-18,26H,5-11,13-15,19H2,1-4H3;1-2H3/b18-17-;. The first-order chi connectivity index (χ1) is 13.9. The van der Waals surface area contributed by atoms with E-state index in [0.717, 1.165) is 37.9 Å². The fourth-order valence-electron chi connectivity index (χ4n) is 3.29. The number of hydrogen-bond acceptors (Lipinski definition) is 2. The number of Topliss-reactive ketones (excluding diaryl/α,β-unsaturated/α-hetero) is 1. The van der Waals surface area contributed by atoms with E-state index in [9.17, 15) is 4.79 Å². The largest absolute Gasteiger partial charge is 0.385 e. The number of unbranched alkanes of at least 4 members (excludes halogenated alkanes) is 4. The third kappa shape index (κ3) is 13.1. The molecule has 0 heterocycles. The Morgan fingerprint density at radius 2 is 1.76 bits per heavy atom. The second-order valence-corrected chi connectivity index (χ2v) is 7.90. The summed E-state index contributed by atoms with van der Waals surface area (Å²) in [7, 11) is 0. The zero-order valence-electron chi connectivity index (χ0n) is 20.0. The summed E-state index contributed by atoms with van der Waals surface area (Å²) in [4.78, 5) is 10.9. The van der Waals surface area contributed by atoms with E-state index in [1.54, 1.807) is 6.92 Å². The van der Waals surface area contributed by atoms with Gasteiger partial charge in [0.25, 0.3) is 0 Å². The van der Waals surface area contributed by atoms with Crippen LogP contribution in [0.25, 0.3) is 0 Å². The molecule has 0 atom stereocenters. The summed E-state index contributed by atoms with van der Waals surface area (Å²) in [6.07, 6.45) is 19.1. The van der Waals surface area contributed by atoms with Crippen molar-refractivity contribution in [2.24, 2.45) is 0 Å². The summed E-state index contributed by atoms with van der Waals surface area (Å²) in [5.74, 6) is 0.306. The second-order valence-electron chi connectivity index (χ2n) is 7.90. The SMILES string of the molecule is C=C(NCCCCCCCC(C)=O)C(/C=C\C1=C(C)CCCC=C1)=C(C)C.CC. The van der Waals surface area contributed by atoms with Crippen molar-refractivity contribution in [2.45, 2.75) is 99.3 Å². The predicted molar refractivity (Wildman–Crippen MR) is 130 cm³/mol. The van der Waals surface area contributed by atoms with Crippen molar-refractivity contribution in [2.75, 3.05) is 6.54 Å². The highest BCUT2D eigenvalue weighted by atomic mass is 16.1. The molecule has 0 aromatic rings. The summed E-state index contributed by atoms with van der Waals surface area (Å²) < 4.78 is 0. The highest BCUT2D eigenvalue weighted by molar-refractivity contribution is 5.75. The van der Waals surface area contributed by atoms with Crippen molar-refractivity contribution >= 4 is 5.78 Å². The number of carbonyl (C=O) groups excluding carboxylic acids is 1. The summed E-state index contributed by atoms with van der Waals surface area (Å²) in [6.45, 7) is 17.4. The van der Waals surface area contributed by atoms with Gasteiger partial charge in [-0.05, 0) is 70.9 Å². The van der Waals surface area contributed by atoms with Crippen molar-refractivity contribution in [3.8, 4) is 0 Å². The average molecular weight is 400 g/mol. The number of carbonyl (C=O) groups is 1. The third-order valence-electron chi connectivity index (χ3n) is 5.05. The highest BCUT2D eigenvalue weighted by Gasteiger charge is 2.04. The van der Waals surface area contributed by atoms with Gasteiger partial charge in [-0.3, -0.25) is 0 Å². The van der Waals surface area contributed by atoms with Gasteiger partial charge in [0, 0.05) is 18.7 Å². The molecule has 1 aliphatic rings. The molecular formula is C27H45NO. The number of hydrogen-bond donors (Lipinski definition) is 1. The lowest BCUT2D eigenvalue weighted by Gasteiger charge is -2.13. The normalized spacial score (nSPS) is 13.6. The van der Waals surface area contributed by atoms with Gasteiger partial charge in [-0.25, -0.2) is 0 Å². The Labute approximate surface area is 180 Å². The third-order valence-corrected chi connectivity index (χ3v) is 5.05. The van der Waals surface area contributed by atoms with E-state index in [4.69, 9.17) is 0 Å². The van der Waals surface area contributed by atoms with Crippen molar-refractivity contribution in [1.82, 2.24) is 5.32 Å². The topological polar surface area (TPSA) is 29.1 Å². The van der Waals surface area contributed by atoms with Gasteiger partial charge in [0.1, 0.15) is 5.78 Å². The molecule has 2 nitrogen and oxygen atoms in total. The lowest BCUT2D eigenvalue weighted by atomic mass is 10.0. The molecule has 0 saturated carbocycles. The molecule has 0 aromatic carbocycles. The van der Waals surface area contributed by atoms with E-state index < -0.39 is 0 Å². The van der Waals surface area contributed by atoms with Crippen LogP contribution in [0.5, 0.6) is 0 Å². The maximum atomic E-state index is 10.9. The van der Waals surface area contributed by atoms with E-state index in [2.05, 4.69) is 57.0 Å². The van der Waals surface area contributed by atoms with Crippen molar-refractivity contribution in [3.63, 3.8) is 0 Å². The molecular weight excluding hydrogens is 354 g/mol. The van der Waals surface area contributed by atoms with E-state index in [0.29, 0.717) is 5.78 Å². The fraction of sp³-hybridized carbons (Fsp3) is 0.593. The van der Waals surface area contributed by atoms with Crippen molar-refractivity contribution in [3.05, 3.63) is 58.9 Å². The first-order valence-corrected chi connectivity index (χ1v) is 11.6. The van der Waals surface area contributed by atoms with Gasteiger partial charge in [0.05, 0.1) is 0 Å². The first kappa shape index (κ1) is 27.2. The van der Waals surface area contributed by atoms with Gasteiger partial charge >= 0.3 is 0 Å². The number of ketones is 1. The van der Waals surface area contributed by atoms with Crippen LogP contribution in [0.15, 0.2) is 58.9 Å². The minimum atomic E-state index is 0.306. The molecule has 0 fully saturated rings. The van der Waals surface area contributed by atoms with Crippen molar-refractivity contribution in [1.29, 1.82) is 0 Å². The monoisotopic (exact) mass is 399 g/mol. The molecule has 0 unspecified atom stereocenters. The van der Waals surface area contributed by atoms with Crippen LogP contribution >= 0.6 is 0 Å². The van der Waals surface area contributed by atoms with Crippen LogP contribution in [0.3, 0.4) is 0 Å². The molecule has 0 spiro atoms. The van der Waals surface area contributed by atoms with Crippen LogP contribution in [0.2, 0.25) is 0 Å². The quantitative estimate of drug-likeness (QED) is 0.266. The van der Waals surface area contributed by atoms with Gasteiger partial charge in [-0.15, -0.1) is 0 Å². The predicted octanol–water partition coefficient (Wildman–Crippen LogP) is 7.99. The minimum Gasteiger partial charge on any atom is -0.385 e. The van der Waals surface area contributed by atoms with Crippen LogP contribution in [0.1, 0.15) is 99.3 Å². The van der Waals surface area contributed by atoms with Crippen LogP contribution in [-0.4, -0.2) is 12.3 Å². The highest BCUT2D eigenvalue weighted by Crippen LogP contribution is 2.21. The smallest absolute Gasteiger partial charge is 0.129 e. The molecule has 164 valence electrons. The van der Waals surface area contributed by atoms with E-state index >= 15 is 0 Å². The summed E-state index contributed by atoms with van der Waals surface area (Å²) >= 11 is 0. The molecule has 1 N–H and O–H groups in total. The zero-order chi connectivity index (χ0) is 22.1. The maximum absolute atomic E-state index is 10.9. The van der Waals surface area contributed by atoms with E-state index in [-0.39, 0.29) is 0 Å². The lowest BCUT2D eigenvalue weighted by molar-refractivity contribution is -0.117. The van der Waals surface area contributed by atoms with Gasteiger partial charge in [-0.2, -0.15) is 0 Å². The summed E-state index contributed by atoms with van der Waals surface area (Å²) in [5, 5.41) is 3.49. The van der Waals surface area contributed by atoms with Gasteiger partial charge in [-0.1, -0.05) is 75.1 Å². The Kier molecular flexibility index (Phi) is 16.0. The molecule has 0 saturated heterocycles. The summed E-state index contributed by atoms with van der Waals surface area (Å²) in [6, 6.07) is 0. The molecule has 1 rings (SSSR count). The zero-order valence-corrected chi connectivity index (χ0v) is 20.0. The Balaban J connectivity index is 0.00000379. The van der Waals surface area contributed by atoms with Gasteiger partial charge in [0.15, 0.2) is 0 Å². The molecule has 1 aliphatic carbocycles. The second kappa shape index (κ2) is 17.1. The Morgan fingerprint density at radius 1 is 1.10 bits per heavy atom. The molecule has 0 aromatic heterocycles. The molecule has 2 heteroatoms. The maximum Gasteiger partial charge on any atom is 0.129 e. The van der Waals surface area contributed by atoms with Crippen LogP contribution < -0.4 is 5.32 Å². The number of rotatable bonds is 12. The average Bonchev–Trinajstić information content (AvgIpc) is 2.89.